The van der Waals surface area contributed by atoms with Crippen molar-refractivity contribution in [1.82, 2.24) is 19.5 Å². The number of piperazine rings is 1. The quantitative estimate of drug-likeness (QED) is 0.510. The lowest BCUT2D eigenvalue weighted by Crippen LogP contribution is -2.49. The Hall–Kier alpha value is -2.56. The van der Waals surface area contributed by atoms with Gasteiger partial charge in [-0.05, 0) is 49.4 Å². The van der Waals surface area contributed by atoms with Gasteiger partial charge in [-0.2, -0.15) is 4.31 Å². The summed E-state index contributed by atoms with van der Waals surface area (Å²) < 4.78 is 34.2. The number of hydrogen-bond donors (Lipinski definition) is 0. The van der Waals surface area contributed by atoms with E-state index < -0.39 is 10.0 Å². The average molecular weight is 504 g/mol. The van der Waals surface area contributed by atoms with Crippen LogP contribution < -0.4 is 9.64 Å². The summed E-state index contributed by atoms with van der Waals surface area (Å²) in [6.07, 6.45) is 1.72. The van der Waals surface area contributed by atoms with E-state index in [2.05, 4.69) is 31.1 Å². The van der Waals surface area contributed by atoms with Crippen molar-refractivity contribution in [3.63, 3.8) is 0 Å². The molecule has 0 saturated carbocycles. The molecule has 10 heteroatoms. The van der Waals surface area contributed by atoms with Crippen LogP contribution in [-0.2, 0) is 10.0 Å². The number of halogens is 1. The molecular formula is C21H22BrN5O3S. The third-order valence-electron chi connectivity index (χ3n) is 4.96. The Balaban J connectivity index is 1.47. The summed E-state index contributed by atoms with van der Waals surface area (Å²) in [7, 11) is -3.68. The second kappa shape index (κ2) is 9.29. The average Bonchev–Trinajstić information content (AvgIpc) is 2.81. The molecule has 0 amide bonds. The lowest BCUT2D eigenvalue weighted by Gasteiger charge is -2.34. The van der Waals surface area contributed by atoms with Crippen molar-refractivity contribution in [2.45, 2.75) is 11.8 Å². The summed E-state index contributed by atoms with van der Waals surface area (Å²) in [6.45, 7) is 3.97. The first-order chi connectivity index (χ1) is 15.0. The Bertz CT molecular complexity index is 1140. The first-order valence-corrected chi connectivity index (χ1v) is 12.1. The molecule has 162 valence electrons. The van der Waals surface area contributed by atoms with Crippen molar-refractivity contribution in [2.75, 3.05) is 37.7 Å². The molecule has 4 rings (SSSR count). The van der Waals surface area contributed by atoms with Crippen LogP contribution in [0.25, 0.3) is 11.4 Å². The molecule has 0 N–H and O–H groups in total. The molecule has 0 atom stereocenters. The van der Waals surface area contributed by atoms with Gasteiger partial charge in [0.15, 0.2) is 5.82 Å². The van der Waals surface area contributed by atoms with E-state index in [1.165, 1.54) is 4.31 Å². The van der Waals surface area contributed by atoms with Gasteiger partial charge in [0.25, 0.3) is 0 Å². The van der Waals surface area contributed by atoms with Crippen molar-refractivity contribution in [1.29, 1.82) is 0 Å². The molecule has 0 spiro atoms. The topological polar surface area (TPSA) is 88.5 Å². The van der Waals surface area contributed by atoms with Gasteiger partial charge in [-0.25, -0.2) is 8.42 Å². The first kappa shape index (κ1) is 21.7. The van der Waals surface area contributed by atoms with Gasteiger partial charge in [-0.3, -0.25) is 4.98 Å². The Labute approximate surface area is 190 Å². The minimum absolute atomic E-state index is 0.177. The fourth-order valence-electron chi connectivity index (χ4n) is 3.40. The highest BCUT2D eigenvalue weighted by atomic mass is 79.9. The van der Waals surface area contributed by atoms with E-state index in [1.54, 1.807) is 24.4 Å². The fraction of sp³-hybridized carbons (Fsp3) is 0.286. The van der Waals surface area contributed by atoms with Crippen molar-refractivity contribution in [3.8, 4) is 17.1 Å². The highest BCUT2D eigenvalue weighted by Gasteiger charge is 2.31. The molecular weight excluding hydrogens is 482 g/mol. The van der Waals surface area contributed by atoms with Crippen molar-refractivity contribution >= 4 is 31.8 Å². The summed E-state index contributed by atoms with van der Waals surface area (Å²) in [5.74, 6) is 1.08. The Morgan fingerprint density at radius 2 is 1.81 bits per heavy atom. The van der Waals surface area contributed by atoms with Gasteiger partial charge in [0.2, 0.25) is 10.0 Å². The number of pyridine rings is 1. The molecule has 0 bridgehead atoms. The van der Waals surface area contributed by atoms with E-state index >= 15 is 0 Å². The second-order valence-electron chi connectivity index (χ2n) is 6.91. The molecule has 0 unspecified atom stereocenters. The van der Waals surface area contributed by atoms with Crippen LogP contribution in [0.5, 0.6) is 5.75 Å². The van der Waals surface area contributed by atoms with Crippen molar-refractivity contribution in [3.05, 3.63) is 59.2 Å². The zero-order valence-electron chi connectivity index (χ0n) is 17.0. The van der Waals surface area contributed by atoms with Crippen LogP contribution in [0, 0.1) is 0 Å². The SMILES string of the molecule is CCOc1ccc(Br)cc1S(=O)(=O)N1CCN(c2ccc(-c3ccccn3)nn2)CC1. The summed E-state index contributed by atoms with van der Waals surface area (Å²) in [6, 6.07) is 14.4. The summed E-state index contributed by atoms with van der Waals surface area (Å²) >= 11 is 3.36. The van der Waals surface area contributed by atoms with E-state index in [-0.39, 0.29) is 4.90 Å². The molecule has 0 aliphatic carbocycles. The van der Waals surface area contributed by atoms with Crippen LogP contribution in [-0.4, -0.2) is 60.7 Å². The normalized spacial score (nSPS) is 15.1. The van der Waals surface area contributed by atoms with E-state index in [0.29, 0.717) is 54.5 Å². The molecule has 8 nitrogen and oxygen atoms in total. The van der Waals surface area contributed by atoms with E-state index in [9.17, 15) is 8.42 Å². The predicted molar refractivity (Wildman–Crippen MR) is 122 cm³/mol. The predicted octanol–water partition coefficient (Wildman–Crippen LogP) is 3.21. The Morgan fingerprint density at radius 1 is 1.00 bits per heavy atom. The van der Waals surface area contributed by atoms with Gasteiger partial charge < -0.3 is 9.64 Å². The second-order valence-corrected chi connectivity index (χ2v) is 9.73. The summed E-state index contributed by atoms with van der Waals surface area (Å²) in [4.78, 5) is 6.49. The highest BCUT2D eigenvalue weighted by molar-refractivity contribution is 9.10. The molecule has 3 aromatic rings. The highest BCUT2D eigenvalue weighted by Crippen LogP contribution is 2.31. The van der Waals surface area contributed by atoms with Gasteiger partial charge >= 0.3 is 0 Å². The van der Waals surface area contributed by atoms with E-state index in [4.69, 9.17) is 4.74 Å². The molecule has 1 aliphatic rings. The minimum atomic E-state index is -3.68. The van der Waals surface area contributed by atoms with Crippen molar-refractivity contribution in [2.24, 2.45) is 0 Å². The molecule has 1 aliphatic heterocycles. The maximum absolute atomic E-state index is 13.3. The maximum Gasteiger partial charge on any atom is 0.246 e. The molecule has 3 heterocycles. The van der Waals surface area contributed by atoms with Gasteiger partial charge in [0, 0.05) is 36.8 Å². The molecule has 0 radical (unpaired) electrons. The maximum atomic E-state index is 13.3. The summed E-state index contributed by atoms with van der Waals surface area (Å²) in [5, 5.41) is 8.59. The van der Waals surface area contributed by atoms with Crippen LogP contribution in [0.2, 0.25) is 0 Å². The number of nitrogens with zero attached hydrogens (tertiary/aromatic N) is 5. The standard InChI is InChI=1S/C21H22BrN5O3S/c1-2-30-19-8-6-16(22)15-20(19)31(28,29)27-13-11-26(12-14-27)21-9-7-18(24-25-21)17-5-3-4-10-23-17/h3-10,15H,2,11-14H2,1H3. The number of ether oxygens (including phenoxy) is 1. The Morgan fingerprint density at radius 3 is 2.45 bits per heavy atom. The number of rotatable bonds is 6. The molecule has 1 fully saturated rings. The number of benzene rings is 1. The molecule has 31 heavy (non-hydrogen) atoms. The molecule has 2 aromatic heterocycles. The van der Waals surface area contributed by atoms with Gasteiger partial charge in [0.05, 0.1) is 12.3 Å². The zero-order chi connectivity index (χ0) is 21.8. The summed E-state index contributed by atoms with van der Waals surface area (Å²) in [5.41, 5.74) is 1.46. The monoisotopic (exact) mass is 503 g/mol. The van der Waals surface area contributed by atoms with Crippen LogP contribution in [0.15, 0.2) is 64.1 Å². The molecule has 1 aromatic carbocycles. The van der Waals surface area contributed by atoms with Crippen LogP contribution in [0.4, 0.5) is 5.82 Å². The van der Waals surface area contributed by atoms with Crippen molar-refractivity contribution < 1.29 is 13.2 Å². The minimum Gasteiger partial charge on any atom is -0.492 e. The third kappa shape index (κ3) is 4.70. The smallest absolute Gasteiger partial charge is 0.246 e. The zero-order valence-corrected chi connectivity index (χ0v) is 19.4. The number of aromatic nitrogens is 3. The number of hydrogen-bond acceptors (Lipinski definition) is 7. The lowest BCUT2D eigenvalue weighted by molar-refractivity contribution is 0.327. The Kier molecular flexibility index (Phi) is 6.49. The fourth-order valence-corrected chi connectivity index (χ4v) is 5.49. The number of anilines is 1. The lowest BCUT2D eigenvalue weighted by atomic mass is 10.2. The van der Waals surface area contributed by atoms with Crippen LogP contribution >= 0.6 is 15.9 Å². The van der Waals surface area contributed by atoms with Gasteiger partial charge in [-0.1, -0.05) is 22.0 Å². The van der Waals surface area contributed by atoms with Crippen LogP contribution in [0.3, 0.4) is 0 Å². The largest absolute Gasteiger partial charge is 0.492 e. The van der Waals surface area contributed by atoms with E-state index in [1.807, 2.05) is 42.2 Å². The number of sulfonamides is 1. The van der Waals surface area contributed by atoms with Crippen LogP contribution in [0.1, 0.15) is 6.92 Å². The van der Waals surface area contributed by atoms with Gasteiger partial charge in [-0.15, -0.1) is 10.2 Å². The molecule has 1 saturated heterocycles. The van der Waals surface area contributed by atoms with E-state index in [0.717, 1.165) is 5.69 Å². The third-order valence-corrected chi connectivity index (χ3v) is 7.38. The first-order valence-electron chi connectivity index (χ1n) is 9.91. The van der Waals surface area contributed by atoms with Gasteiger partial charge in [0.1, 0.15) is 16.3 Å².